The average molecular weight is 473 g/mol. The van der Waals surface area contributed by atoms with E-state index in [4.69, 9.17) is 18.6 Å². The molecule has 0 radical (unpaired) electrons. The quantitative estimate of drug-likeness (QED) is 0.317. The summed E-state index contributed by atoms with van der Waals surface area (Å²) in [5.74, 6) is 0.176. The number of esters is 1. The van der Waals surface area contributed by atoms with Gasteiger partial charge in [-0.2, -0.15) is 0 Å². The Morgan fingerprint density at radius 1 is 0.857 bits per heavy atom. The molecule has 0 atom stereocenters. The van der Waals surface area contributed by atoms with E-state index in [2.05, 4.69) is 20.8 Å². The summed E-state index contributed by atoms with van der Waals surface area (Å²) < 4.78 is 22.4. The van der Waals surface area contributed by atoms with Crippen molar-refractivity contribution in [2.45, 2.75) is 33.1 Å². The van der Waals surface area contributed by atoms with Crippen molar-refractivity contribution < 1.29 is 23.4 Å². The van der Waals surface area contributed by atoms with Gasteiger partial charge in [-0.1, -0.05) is 56.7 Å². The zero-order valence-corrected chi connectivity index (χ0v) is 20.7. The molecule has 35 heavy (non-hydrogen) atoms. The Balaban J connectivity index is 1.85. The lowest BCUT2D eigenvalue weighted by Gasteiger charge is -2.19. The zero-order chi connectivity index (χ0) is 25.3. The van der Waals surface area contributed by atoms with Gasteiger partial charge in [0, 0.05) is 5.56 Å². The first kappa shape index (κ1) is 24.1. The van der Waals surface area contributed by atoms with Gasteiger partial charge in [-0.25, -0.2) is 4.79 Å². The van der Waals surface area contributed by atoms with E-state index >= 15 is 0 Å². The van der Waals surface area contributed by atoms with Crippen molar-refractivity contribution in [1.29, 1.82) is 0 Å². The molecule has 4 rings (SSSR count). The highest BCUT2D eigenvalue weighted by molar-refractivity contribution is 5.93. The molecule has 6 nitrogen and oxygen atoms in total. The number of carbonyl (C=O) groups excluding carboxylic acids is 1. The van der Waals surface area contributed by atoms with E-state index in [0.717, 1.165) is 11.1 Å². The van der Waals surface area contributed by atoms with Crippen LogP contribution in [-0.4, -0.2) is 20.2 Å². The van der Waals surface area contributed by atoms with Gasteiger partial charge in [-0.15, -0.1) is 0 Å². The van der Waals surface area contributed by atoms with Crippen LogP contribution in [0.2, 0.25) is 0 Å². The fourth-order valence-corrected chi connectivity index (χ4v) is 3.81. The highest BCUT2D eigenvalue weighted by Crippen LogP contribution is 2.34. The lowest BCUT2D eigenvalue weighted by molar-refractivity contribution is 0.0731. The van der Waals surface area contributed by atoms with Crippen LogP contribution in [0.3, 0.4) is 0 Å². The Morgan fingerprint density at radius 2 is 1.54 bits per heavy atom. The van der Waals surface area contributed by atoms with Crippen molar-refractivity contribution in [3.8, 4) is 28.6 Å². The highest BCUT2D eigenvalue weighted by Gasteiger charge is 2.23. The molecule has 0 bridgehead atoms. The van der Waals surface area contributed by atoms with Crippen LogP contribution in [0.4, 0.5) is 0 Å². The number of hydrogen-bond acceptors (Lipinski definition) is 6. The van der Waals surface area contributed by atoms with Crippen LogP contribution in [-0.2, 0) is 5.41 Å². The summed E-state index contributed by atoms with van der Waals surface area (Å²) >= 11 is 0. The molecule has 0 spiro atoms. The van der Waals surface area contributed by atoms with E-state index in [9.17, 15) is 9.59 Å². The van der Waals surface area contributed by atoms with Gasteiger partial charge in [0.25, 0.3) is 0 Å². The molecule has 1 heterocycles. The maximum atomic E-state index is 13.5. The Bertz CT molecular complexity index is 1460. The first-order chi connectivity index (χ1) is 16.6. The fourth-order valence-electron chi connectivity index (χ4n) is 3.81. The molecule has 3 aromatic carbocycles. The predicted molar refractivity (Wildman–Crippen MR) is 136 cm³/mol. The maximum absolute atomic E-state index is 13.5. The Morgan fingerprint density at radius 3 is 2.17 bits per heavy atom. The molecule has 0 aliphatic carbocycles. The van der Waals surface area contributed by atoms with E-state index in [1.807, 2.05) is 37.3 Å². The number of hydrogen-bond donors (Lipinski definition) is 0. The number of methoxy groups -OCH3 is 2. The molecule has 1 aromatic heterocycles. The summed E-state index contributed by atoms with van der Waals surface area (Å²) in [6.07, 6.45) is 0. The third-order valence-electron chi connectivity index (χ3n) is 5.83. The largest absolute Gasteiger partial charge is 0.493 e. The van der Waals surface area contributed by atoms with Gasteiger partial charge >= 0.3 is 5.97 Å². The lowest BCUT2D eigenvalue weighted by Crippen LogP contribution is -2.16. The van der Waals surface area contributed by atoms with Crippen molar-refractivity contribution in [1.82, 2.24) is 0 Å². The molecule has 6 heteroatoms. The second-order valence-corrected chi connectivity index (χ2v) is 9.38. The summed E-state index contributed by atoms with van der Waals surface area (Å²) in [6, 6.07) is 17.7. The lowest BCUT2D eigenvalue weighted by atomic mass is 9.86. The van der Waals surface area contributed by atoms with Gasteiger partial charge in [-0.05, 0) is 48.2 Å². The molecular weight excluding hydrogens is 444 g/mol. The SMILES string of the molecule is COc1ccc(C(=O)Oc2c(-c3ccc(C(C)(C)C)cc3)oc3ccc(C)cc3c2=O)cc1OC. The third kappa shape index (κ3) is 4.78. The first-order valence-electron chi connectivity index (χ1n) is 11.2. The number of carbonyl (C=O) groups is 1. The molecule has 0 aliphatic rings. The topological polar surface area (TPSA) is 75.0 Å². The van der Waals surface area contributed by atoms with Gasteiger partial charge in [0.15, 0.2) is 17.3 Å². The van der Waals surface area contributed by atoms with E-state index in [1.54, 1.807) is 24.3 Å². The van der Waals surface area contributed by atoms with Gasteiger partial charge in [0.05, 0.1) is 25.2 Å². The van der Waals surface area contributed by atoms with Crippen LogP contribution in [0.25, 0.3) is 22.3 Å². The van der Waals surface area contributed by atoms with Crippen molar-refractivity contribution in [3.05, 3.63) is 87.6 Å². The molecule has 180 valence electrons. The van der Waals surface area contributed by atoms with Crippen LogP contribution in [0, 0.1) is 6.92 Å². The summed E-state index contributed by atoms with van der Waals surface area (Å²) in [4.78, 5) is 26.6. The van der Waals surface area contributed by atoms with Crippen molar-refractivity contribution in [3.63, 3.8) is 0 Å². The molecular formula is C29H28O6. The smallest absolute Gasteiger partial charge is 0.343 e. The molecule has 0 unspecified atom stereocenters. The minimum absolute atomic E-state index is 0.0387. The number of benzene rings is 3. The van der Waals surface area contributed by atoms with E-state index in [0.29, 0.717) is 28.0 Å². The van der Waals surface area contributed by atoms with Gasteiger partial charge in [-0.3, -0.25) is 4.79 Å². The molecule has 0 N–H and O–H groups in total. The average Bonchev–Trinajstić information content (AvgIpc) is 2.85. The second-order valence-electron chi connectivity index (χ2n) is 9.38. The first-order valence-corrected chi connectivity index (χ1v) is 11.2. The van der Waals surface area contributed by atoms with Crippen molar-refractivity contribution in [2.24, 2.45) is 0 Å². The van der Waals surface area contributed by atoms with E-state index < -0.39 is 11.4 Å². The van der Waals surface area contributed by atoms with E-state index in [1.165, 1.54) is 20.3 Å². The summed E-state index contributed by atoms with van der Waals surface area (Å²) in [5.41, 5.74) is 2.82. The van der Waals surface area contributed by atoms with E-state index in [-0.39, 0.29) is 22.5 Å². The summed E-state index contributed by atoms with van der Waals surface area (Å²) in [7, 11) is 2.99. The standard InChI is InChI=1S/C29H28O6/c1-17-7-13-22-21(15-17)25(30)27(26(34-22)18-8-11-20(12-9-18)29(2,3)4)35-28(31)19-10-14-23(32-5)24(16-19)33-6/h7-16H,1-6H3. The van der Waals surface area contributed by atoms with Gasteiger partial charge in [0.2, 0.25) is 11.2 Å². The molecule has 4 aromatic rings. The van der Waals surface area contributed by atoms with Crippen LogP contribution in [0.5, 0.6) is 17.2 Å². The molecule has 0 aliphatic heterocycles. The normalized spacial score (nSPS) is 11.4. The minimum atomic E-state index is -0.710. The maximum Gasteiger partial charge on any atom is 0.343 e. The fraction of sp³-hybridized carbons (Fsp3) is 0.241. The van der Waals surface area contributed by atoms with Gasteiger partial charge in [0.1, 0.15) is 5.58 Å². The monoisotopic (exact) mass is 472 g/mol. The minimum Gasteiger partial charge on any atom is -0.493 e. The summed E-state index contributed by atoms with van der Waals surface area (Å²) in [5, 5.41) is 0.343. The number of rotatable bonds is 5. The third-order valence-corrected chi connectivity index (χ3v) is 5.83. The molecule has 0 saturated carbocycles. The second kappa shape index (κ2) is 9.29. The van der Waals surface area contributed by atoms with Crippen LogP contribution in [0.1, 0.15) is 42.3 Å². The summed E-state index contributed by atoms with van der Waals surface area (Å²) in [6.45, 7) is 8.25. The number of fused-ring (bicyclic) bond motifs is 1. The molecule has 0 saturated heterocycles. The van der Waals surface area contributed by atoms with Crippen molar-refractivity contribution in [2.75, 3.05) is 14.2 Å². The van der Waals surface area contributed by atoms with Crippen molar-refractivity contribution >= 4 is 16.9 Å². The van der Waals surface area contributed by atoms with Crippen LogP contribution >= 0.6 is 0 Å². The number of aryl methyl sites for hydroxylation is 1. The van der Waals surface area contributed by atoms with Crippen LogP contribution < -0.4 is 19.6 Å². The molecule has 0 amide bonds. The predicted octanol–water partition coefficient (Wildman–Crippen LogP) is 6.30. The van der Waals surface area contributed by atoms with Gasteiger partial charge < -0.3 is 18.6 Å². The highest BCUT2D eigenvalue weighted by atomic mass is 16.5. The zero-order valence-electron chi connectivity index (χ0n) is 20.7. The Labute approximate surface area is 204 Å². The Kier molecular flexibility index (Phi) is 6.39. The van der Waals surface area contributed by atoms with Crippen LogP contribution in [0.15, 0.2) is 69.9 Å². The molecule has 0 fully saturated rings. The number of ether oxygens (including phenoxy) is 3. The Hall–Kier alpha value is -4.06.